The van der Waals surface area contributed by atoms with Crippen LogP contribution < -0.4 is 10.2 Å². The number of H-pyrrole nitrogens is 2. The Kier molecular flexibility index (Phi) is 20.6. The molecular weight excluding hydrogens is 981 g/mol. The number of aromatic amines is 2. The number of aliphatic carboxylic acids is 1. The third-order valence-corrected chi connectivity index (χ3v) is 12.1. The maximum atomic E-state index is 9.34. The topological polar surface area (TPSA) is 142 Å². The predicted octanol–water partition coefficient (Wildman–Crippen LogP) is 11.9. The van der Waals surface area contributed by atoms with Gasteiger partial charge in [0, 0.05) is 75.4 Å². The van der Waals surface area contributed by atoms with Crippen molar-refractivity contribution in [1.29, 1.82) is 0 Å². The average Bonchev–Trinajstić information content (AvgIpc) is 4.03. The molecule has 0 atom stereocenters. The van der Waals surface area contributed by atoms with Gasteiger partial charge in [-0.25, -0.2) is 0 Å². The Morgan fingerprint density at radius 1 is 0.662 bits per heavy atom. The summed E-state index contributed by atoms with van der Waals surface area (Å²) >= 11 is 5.88. The number of rotatable bonds is 9. The van der Waals surface area contributed by atoms with Gasteiger partial charge in [-0.1, -0.05) is 115 Å². The number of phenols is 2. The van der Waals surface area contributed by atoms with Gasteiger partial charge in [-0.05, 0) is 104 Å². The number of aromatic nitrogens is 4. The van der Waals surface area contributed by atoms with Crippen molar-refractivity contribution in [2.45, 2.75) is 6.92 Å². The van der Waals surface area contributed by atoms with E-state index < -0.39 is 5.97 Å². The number of benzene rings is 6. The molecule has 0 unspecified atom stereocenters. The molecule has 352 valence electrons. The van der Waals surface area contributed by atoms with Crippen LogP contribution in [0, 0.1) is 6.07 Å². The summed E-state index contributed by atoms with van der Waals surface area (Å²) in [5.41, 5.74) is 11.6. The molecule has 0 radical (unpaired) electrons. The van der Waals surface area contributed by atoms with Crippen molar-refractivity contribution in [3.05, 3.63) is 191 Å². The van der Waals surface area contributed by atoms with Crippen LogP contribution in [-0.4, -0.2) is 93.1 Å². The zero-order valence-corrected chi connectivity index (χ0v) is 41.5. The molecule has 5 N–H and O–H groups in total. The minimum absolute atomic E-state index is 0. The fourth-order valence-corrected chi connectivity index (χ4v) is 8.05. The Balaban J connectivity index is 0.000000188. The summed E-state index contributed by atoms with van der Waals surface area (Å²) in [4.78, 5) is 13.8. The van der Waals surface area contributed by atoms with E-state index in [1.165, 1.54) is 22.1 Å². The van der Waals surface area contributed by atoms with E-state index in [0.29, 0.717) is 5.02 Å². The molecule has 10 nitrogen and oxygen atoms in total. The molecule has 8 aromatic rings. The van der Waals surface area contributed by atoms with Crippen LogP contribution in [0.5, 0.6) is 11.5 Å². The van der Waals surface area contributed by atoms with Gasteiger partial charge in [0.05, 0.1) is 22.8 Å². The number of halogens is 1. The second-order valence-corrected chi connectivity index (χ2v) is 18.5. The molecule has 0 spiro atoms. The van der Waals surface area contributed by atoms with Crippen LogP contribution in [-0.2, 0) is 25.2 Å². The number of carbonyl (C=O) groups is 1. The van der Waals surface area contributed by atoms with E-state index in [9.17, 15) is 10.2 Å². The van der Waals surface area contributed by atoms with Crippen LogP contribution in [0.4, 0.5) is 5.69 Å². The summed E-state index contributed by atoms with van der Waals surface area (Å²) < 4.78 is 0. The predicted molar refractivity (Wildman–Crippen MR) is 279 cm³/mol. The van der Waals surface area contributed by atoms with Crippen molar-refractivity contribution in [2.24, 2.45) is 0 Å². The molecule has 0 saturated carbocycles. The normalized spacial score (nSPS) is 12.3. The van der Waals surface area contributed by atoms with Gasteiger partial charge in [-0.2, -0.15) is 10.2 Å². The van der Waals surface area contributed by atoms with Gasteiger partial charge < -0.3 is 25.1 Å². The van der Waals surface area contributed by atoms with Crippen molar-refractivity contribution >= 4 is 60.8 Å². The summed E-state index contributed by atoms with van der Waals surface area (Å²) in [5.74, 6) is -0.297. The first-order valence-corrected chi connectivity index (χ1v) is 24.3. The van der Waals surface area contributed by atoms with Crippen molar-refractivity contribution in [3.8, 4) is 45.1 Å². The molecule has 2 aromatic heterocycles. The SMILES string of the molecule is CC(=O)O.CN1CCN(c2ccc(-c3cc(/C=C/c4ccc(O)cc4)[nH]n3)cc2)CC1.CP(C)c1ccccc1-c1[c-]cccc1.Oc1ccc(/C=C/c2cc(-c3ccc(Cl)cc3)n[nH]2)cc1.[Pd]. The molecule has 1 aliphatic heterocycles. The van der Waals surface area contributed by atoms with E-state index in [1.54, 1.807) is 24.3 Å². The standard InChI is InChI=1S/C22H24N4O.C17H13ClN2O.C14H14P.C2H4O2.Pd/c1-25-12-14-26(15-13-25)20-8-5-18(6-9-20)22-16-19(23-24-22)7-2-17-3-10-21(27)11-4-17;18-14-6-4-13(5-7-14)17-11-15(19-20-17)8-1-12-2-9-16(21)10-3-12;1-15(2)14-11-7-6-10-13(14)12-8-4-3-5-9-12;1-2(3)4;/h2-11,16,27H,12-15H2,1H3,(H,23,24);1-11,21H,(H,19,20);3-8,10-11H,1-2H3;1H3,(H,3,4);/q;;-1;;/b7-2+;8-1+;;;. The second-order valence-electron chi connectivity index (χ2n) is 15.8. The third-order valence-electron chi connectivity index (χ3n) is 10.4. The first-order chi connectivity index (χ1) is 32.4. The summed E-state index contributed by atoms with van der Waals surface area (Å²) in [6, 6.07) is 54.4. The van der Waals surface area contributed by atoms with Gasteiger partial charge in [0.25, 0.3) is 5.97 Å². The van der Waals surface area contributed by atoms with Crippen molar-refractivity contribution in [1.82, 2.24) is 25.3 Å². The largest absolute Gasteiger partial charge is 0.508 e. The number of anilines is 1. The van der Waals surface area contributed by atoms with Crippen molar-refractivity contribution in [2.75, 3.05) is 51.5 Å². The van der Waals surface area contributed by atoms with E-state index >= 15 is 0 Å². The quantitative estimate of drug-likeness (QED) is 0.0547. The maximum absolute atomic E-state index is 9.34. The fraction of sp³-hybridized carbons (Fsp3) is 0.145. The van der Waals surface area contributed by atoms with Gasteiger partial charge in [0.2, 0.25) is 0 Å². The van der Waals surface area contributed by atoms with E-state index in [0.717, 1.165) is 78.1 Å². The molecule has 3 heterocycles. The molecule has 1 aliphatic rings. The smallest absolute Gasteiger partial charge is 0.300 e. The molecule has 0 bridgehead atoms. The minimum atomic E-state index is -0.833. The Bertz CT molecular complexity index is 2800. The van der Waals surface area contributed by atoms with Crippen LogP contribution in [0.1, 0.15) is 29.4 Å². The number of piperazine rings is 1. The van der Waals surface area contributed by atoms with Gasteiger partial charge >= 0.3 is 0 Å². The Morgan fingerprint density at radius 3 is 1.60 bits per heavy atom. The molecule has 13 heteroatoms. The first-order valence-electron chi connectivity index (χ1n) is 21.7. The average molecular weight is 1040 g/mol. The van der Waals surface area contributed by atoms with Crippen LogP contribution >= 0.6 is 19.5 Å². The number of nitrogens with one attached hydrogen (secondary N) is 2. The minimum Gasteiger partial charge on any atom is -0.508 e. The van der Waals surface area contributed by atoms with E-state index in [1.807, 2.05) is 97.1 Å². The van der Waals surface area contributed by atoms with Gasteiger partial charge in [-0.3, -0.25) is 15.0 Å². The van der Waals surface area contributed by atoms with Gasteiger partial charge in [0.1, 0.15) is 11.5 Å². The number of aromatic hydroxyl groups is 2. The Labute approximate surface area is 419 Å². The van der Waals surface area contributed by atoms with E-state index in [2.05, 4.69) is 117 Å². The zero-order chi connectivity index (χ0) is 47.5. The molecule has 1 saturated heterocycles. The van der Waals surface area contributed by atoms with Crippen molar-refractivity contribution < 1.29 is 40.5 Å². The van der Waals surface area contributed by atoms with Gasteiger partial charge in [0.15, 0.2) is 0 Å². The van der Waals surface area contributed by atoms with Crippen LogP contribution in [0.2, 0.25) is 5.02 Å². The second kappa shape index (κ2) is 26.7. The molecule has 1 fully saturated rings. The monoisotopic (exact) mass is 1040 g/mol. The Hall–Kier alpha value is -6.57. The summed E-state index contributed by atoms with van der Waals surface area (Å²) in [7, 11) is 2.11. The van der Waals surface area contributed by atoms with Crippen LogP contribution in [0.25, 0.3) is 57.9 Å². The fourth-order valence-electron chi connectivity index (χ4n) is 6.86. The molecule has 68 heavy (non-hydrogen) atoms. The van der Waals surface area contributed by atoms with E-state index in [-0.39, 0.29) is 39.8 Å². The summed E-state index contributed by atoms with van der Waals surface area (Å²) in [6.07, 6.45) is 7.88. The molecular formula is C55H55ClN6O4PPd-. The number of hydrogen-bond donors (Lipinski definition) is 5. The van der Waals surface area contributed by atoms with Crippen LogP contribution in [0.3, 0.4) is 0 Å². The zero-order valence-electron chi connectivity index (χ0n) is 38.3. The number of carboxylic acid groups (broad SMARTS) is 1. The van der Waals surface area contributed by atoms with Gasteiger partial charge in [-0.15, -0.1) is 35.9 Å². The molecule has 9 rings (SSSR count). The number of hydrogen-bond acceptors (Lipinski definition) is 7. The van der Waals surface area contributed by atoms with Crippen LogP contribution in [0.15, 0.2) is 158 Å². The number of phenolic OH excluding ortho intramolecular Hbond substituents is 2. The summed E-state index contributed by atoms with van der Waals surface area (Å²) in [6.45, 7) is 10.0. The van der Waals surface area contributed by atoms with Crippen molar-refractivity contribution in [3.63, 3.8) is 0 Å². The number of nitrogens with zero attached hydrogens (tertiary/aromatic N) is 4. The number of carboxylic acids is 1. The Morgan fingerprint density at radius 2 is 1.13 bits per heavy atom. The molecule has 0 aliphatic carbocycles. The number of likely N-dealkylation sites (N-methyl/N-ethyl adjacent to an activating group) is 1. The summed E-state index contributed by atoms with van der Waals surface area (Å²) in [5, 5.41) is 42.9. The first kappa shape index (κ1) is 52.4. The molecule has 0 amide bonds. The maximum Gasteiger partial charge on any atom is 0.300 e. The van der Waals surface area contributed by atoms with E-state index in [4.69, 9.17) is 21.5 Å². The molecule has 6 aromatic carbocycles. The third kappa shape index (κ3) is 16.6.